The number of para-hydroxylation sites is 2. The summed E-state index contributed by atoms with van der Waals surface area (Å²) >= 11 is 1.38. The molecule has 0 atom stereocenters. The molecule has 3 N–H and O–H groups in total. The van der Waals surface area contributed by atoms with Crippen molar-refractivity contribution in [3.63, 3.8) is 0 Å². The van der Waals surface area contributed by atoms with E-state index >= 15 is 0 Å². The van der Waals surface area contributed by atoms with Gasteiger partial charge in [-0.1, -0.05) is 12.1 Å². The van der Waals surface area contributed by atoms with Gasteiger partial charge in [-0.25, -0.2) is 0 Å². The van der Waals surface area contributed by atoms with Crippen LogP contribution in [0.2, 0.25) is 0 Å². The number of carbonyl (C=O) groups is 2. The molecule has 1 aromatic carbocycles. The van der Waals surface area contributed by atoms with Gasteiger partial charge in [0.25, 0.3) is 0 Å². The van der Waals surface area contributed by atoms with Gasteiger partial charge in [0.15, 0.2) is 0 Å². The van der Waals surface area contributed by atoms with Gasteiger partial charge in [-0.05, 0) is 32.9 Å². The fourth-order valence-corrected chi connectivity index (χ4v) is 2.21. The van der Waals surface area contributed by atoms with Crippen molar-refractivity contribution >= 4 is 35.0 Å². The summed E-state index contributed by atoms with van der Waals surface area (Å²) in [7, 11) is 0. The van der Waals surface area contributed by atoms with Gasteiger partial charge in [-0.15, -0.1) is 11.8 Å². The van der Waals surface area contributed by atoms with Crippen LogP contribution in [0.4, 0.5) is 11.4 Å². The van der Waals surface area contributed by atoms with Crippen LogP contribution in [0.1, 0.15) is 27.2 Å². The largest absolute Gasteiger partial charge is 0.459 e. The van der Waals surface area contributed by atoms with E-state index in [2.05, 4.69) is 5.32 Å². The molecule has 0 saturated heterocycles. The van der Waals surface area contributed by atoms with Crippen LogP contribution < -0.4 is 11.1 Å². The third-order valence-corrected chi connectivity index (χ3v) is 3.28. The number of ether oxygens (including phenoxy) is 1. The summed E-state index contributed by atoms with van der Waals surface area (Å²) in [6.07, 6.45) is 0.321. The van der Waals surface area contributed by atoms with E-state index in [0.29, 0.717) is 23.5 Å². The van der Waals surface area contributed by atoms with Crippen LogP contribution in [-0.2, 0) is 14.3 Å². The highest BCUT2D eigenvalue weighted by molar-refractivity contribution is 7.99. The Morgan fingerprint density at radius 3 is 2.57 bits per heavy atom. The number of carbonyl (C=O) groups excluding carboxylic acids is 2. The maximum atomic E-state index is 11.7. The molecular weight excluding hydrogens is 288 g/mol. The van der Waals surface area contributed by atoms with Crippen molar-refractivity contribution in [3.05, 3.63) is 24.3 Å². The monoisotopic (exact) mass is 310 g/mol. The number of hydrogen-bond acceptors (Lipinski definition) is 5. The third-order valence-electron chi connectivity index (χ3n) is 2.35. The van der Waals surface area contributed by atoms with Crippen molar-refractivity contribution in [2.75, 3.05) is 22.6 Å². The lowest BCUT2D eigenvalue weighted by Gasteiger charge is -2.19. The lowest BCUT2D eigenvalue weighted by molar-refractivity contribution is -0.151. The number of esters is 1. The predicted octanol–water partition coefficient (Wildman–Crippen LogP) is 2.67. The first-order chi connectivity index (χ1) is 9.78. The first-order valence-corrected chi connectivity index (χ1v) is 7.87. The van der Waals surface area contributed by atoms with E-state index in [1.54, 1.807) is 12.1 Å². The fraction of sp³-hybridized carbons (Fsp3) is 0.467. The Morgan fingerprint density at radius 1 is 1.29 bits per heavy atom. The zero-order valence-electron chi connectivity index (χ0n) is 12.6. The molecule has 0 bridgehead atoms. The van der Waals surface area contributed by atoms with Crippen LogP contribution in [0.5, 0.6) is 0 Å². The number of amides is 1. The molecule has 116 valence electrons. The summed E-state index contributed by atoms with van der Waals surface area (Å²) in [6.45, 7) is 5.48. The Kier molecular flexibility index (Phi) is 6.55. The number of rotatable bonds is 6. The van der Waals surface area contributed by atoms with E-state index in [9.17, 15) is 9.59 Å². The topological polar surface area (TPSA) is 81.4 Å². The summed E-state index contributed by atoms with van der Waals surface area (Å²) in [6, 6.07) is 7.10. The second-order valence-electron chi connectivity index (χ2n) is 5.52. The van der Waals surface area contributed by atoms with Crippen molar-refractivity contribution in [2.24, 2.45) is 0 Å². The number of thioether (sulfide) groups is 1. The van der Waals surface area contributed by atoms with Gasteiger partial charge in [-0.2, -0.15) is 0 Å². The van der Waals surface area contributed by atoms with Gasteiger partial charge in [-0.3, -0.25) is 9.59 Å². The lowest BCUT2D eigenvalue weighted by atomic mass is 10.2. The van der Waals surface area contributed by atoms with Crippen molar-refractivity contribution in [2.45, 2.75) is 32.8 Å². The molecule has 1 amide bonds. The van der Waals surface area contributed by atoms with E-state index in [1.165, 1.54) is 11.8 Å². The minimum absolute atomic E-state index is 0.121. The summed E-state index contributed by atoms with van der Waals surface area (Å²) < 4.78 is 5.18. The smallest absolute Gasteiger partial charge is 0.316 e. The molecule has 5 nitrogen and oxygen atoms in total. The average Bonchev–Trinajstić information content (AvgIpc) is 2.35. The first kappa shape index (κ1) is 17.4. The molecule has 0 radical (unpaired) electrons. The second kappa shape index (κ2) is 7.93. The number of hydrogen-bond donors (Lipinski definition) is 2. The van der Waals surface area contributed by atoms with E-state index in [-0.39, 0.29) is 17.6 Å². The first-order valence-electron chi connectivity index (χ1n) is 6.72. The van der Waals surface area contributed by atoms with E-state index in [1.807, 2.05) is 32.9 Å². The molecule has 0 aliphatic rings. The van der Waals surface area contributed by atoms with Gasteiger partial charge in [0.2, 0.25) is 5.91 Å². The number of benzene rings is 1. The normalized spacial score (nSPS) is 11.0. The van der Waals surface area contributed by atoms with Crippen molar-refractivity contribution in [3.8, 4) is 0 Å². The van der Waals surface area contributed by atoms with Gasteiger partial charge < -0.3 is 15.8 Å². The van der Waals surface area contributed by atoms with Crippen LogP contribution in [0.15, 0.2) is 24.3 Å². The maximum Gasteiger partial charge on any atom is 0.316 e. The standard InChI is InChI=1S/C15H22N2O3S/c1-15(2,3)20-14(19)10-21-9-8-13(18)17-12-7-5-4-6-11(12)16/h4-7H,8-10,16H2,1-3H3,(H,17,18). The quantitative estimate of drug-likeness (QED) is 0.479. The van der Waals surface area contributed by atoms with Crippen LogP contribution in [-0.4, -0.2) is 29.0 Å². The molecule has 0 spiro atoms. The summed E-state index contributed by atoms with van der Waals surface area (Å²) in [5.41, 5.74) is 6.41. The van der Waals surface area contributed by atoms with Crippen LogP contribution in [0, 0.1) is 0 Å². The number of nitrogen functional groups attached to an aromatic ring is 1. The van der Waals surface area contributed by atoms with Crippen molar-refractivity contribution in [1.82, 2.24) is 0 Å². The molecule has 21 heavy (non-hydrogen) atoms. The Morgan fingerprint density at radius 2 is 1.95 bits per heavy atom. The summed E-state index contributed by atoms with van der Waals surface area (Å²) in [5, 5.41) is 2.74. The maximum absolute atomic E-state index is 11.7. The molecule has 0 saturated carbocycles. The molecule has 0 fully saturated rings. The van der Waals surface area contributed by atoms with E-state index in [0.717, 1.165) is 0 Å². The van der Waals surface area contributed by atoms with E-state index in [4.69, 9.17) is 10.5 Å². The highest BCUT2D eigenvalue weighted by Gasteiger charge is 2.16. The molecule has 6 heteroatoms. The number of nitrogens with two attached hydrogens (primary N) is 1. The number of nitrogens with one attached hydrogen (secondary N) is 1. The van der Waals surface area contributed by atoms with Crippen LogP contribution in [0.3, 0.4) is 0 Å². The molecule has 0 aliphatic heterocycles. The molecule has 0 heterocycles. The zero-order chi connectivity index (χ0) is 15.9. The predicted molar refractivity (Wildman–Crippen MR) is 87.3 cm³/mol. The highest BCUT2D eigenvalue weighted by Crippen LogP contribution is 2.17. The fourth-order valence-electron chi connectivity index (χ4n) is 1.51. The molecule has 1 rings (SSSR count). The van der Waals surface area contributed by atoms with E-state index < -0.39 is 5.60 Å². The van der Waals surface area contributed by atoms with Crippen molar-refractivity contribution in [1.29, 1.82) is 0 Å². The Labute approximate surface area is 129 Å². The second-order valence-corrected chi connectivity index (χ2v) is 6.63. The van der Waals surface area contributed by atoms with Crippen molar-refractivity contribution < 1.29 is 14.3 Å². The minimum Gasteiger partial charge on any atom is -0.459 e. The van der Waals surface area contributed by atoms with Crippen LogP contribution in [0.25, 0.3) is 0 Å². The van der Waals surface area contributed by atoms with Gasteiger partial charge in [0.1, 0.15) is 5.60 Å². The SMILES string of the molecule is CC(C)(C)OC(=O)CSCCC(=O)Nc1ccccc1N. The van der Waals surface area contributed by atoms with Crippen LogP contribution >= 0.6 is 11.8 Å². The molecule has 0 aliphatic carbocycles. The minimum atomic E-state index is -0.472. The highest BCUT2D eigenvalue weighted by atomic mass is 32.2. The summed E-state index contributed by atoms with van der Waals surface area (Å²) in [4.78, 5) is 23.2. The van der Waals surface area contributed by atoms with Gasteiger partial charge in [0.05, 0.1) is 17.1 Å². The van der Waals surface area contributed by atoms with Gasteiger partial charge >= 0.3 is 5.97 Å². The zero-order valence-corrected chi connectivity index (χ0v) is 13.5. The molecule has 0 unspecified atom stereocenters. The Bertz CT molecular complexity index is 498. The summed E-state index contributed by atoms with van der Waals surface area (Å²) in [5.74, 6) is 0.417. The lowest BCUT2D eigenvalue weighted by Crippen LogP contribution is -2.25. The molecule has 1 aromatic rings. The molecular formula is C15H22N2O3S. The Hall–Kier alpha value is -1.69. The third kappa shape index (κ3) is 7.60. The Balaban J connectivity index is 2.23. The average molecular weight is 310 g/mol. The molecule has 0 aromatic heterocycles. The van der Waals surface area contributed by atoms with Gasteiger partial charge in [0, 0.05) is 12.2 Å². The number of anilines is 2.